The smallest absolute Gasteiger partial charge is 0.245 e. The minimum atomic E-state index is -0.874. The van der Waals surface area contributed by atoms with Crippen LogP contribution >= 0.6 is 11.6 Å². The SMILES string of the molecule is C=CCNC(=O)C(Cc1ccc(Cl)cc1)N1CCN(C(=O)C(Cc2ccc(F)cc2)NC(=O)C2CCCN2)[C@@H](CCC=O)C1. The van der Waals surface area contributed by atoms with Gasteiger partial charge in [-0.2, -0.15) is 0 Å². The molecule has 2 saturated heterocycles. The van der Waals surface area contributed by atoms with Gasteiger partial charge in [0.1, 0.15) is 18.1 Å². The molecule has 11 heteroatoms. The maximum atomic E-state index is 14.2. The van der Waals surface area contributed by atoms with Crippen LogP contribution in [0.25, 0.3) is 0 Å². The van der Waals surface area contributed by atoms with E-state index in [0.717, 1.165) is 30.4 Å². The number of amides is 3. The number of aldehydes is 1. The summed E-state index contributed by atoms with van der Waals surface area (Å²) in [6.45, 7) is 5.87. The van der Waals surface area contributed by atoms with Gasteiger partial charge in [-0.05, 0) is 67.6 Å². The van der Waals surface area contributed by atoms with E-state index < -0.39 is 12.1 Å². The third-order valence-corrected chi connectivity index (χ3v) is 8.52. The van der Waals surface area contributed by atoms with Gasteiger partial charge in [-0.1, -0.05) is 41.9 Å². The van der Waals surface area contributed by atoms with E-state index in [2.05, 4.69) is 27.4 Å². The van der Waals surface area contributed by atoms with E-state index in [9.17, 15) is 23.6 Å². The van der Waals surface area contributed by atoms with E-state index in [1.807, 2.05) is 12.1 Å². The van der Waals surface area contributed by atoms with E-state index in [0.29, 0.717) is 50.5 Å². The molecule has 236 valence electrons. The maximum Gasteiger partial charge on any atom is 0.245 e. The molecule has 2 aromatic rings. The zero-order valence-electron chi connectivity index (χ0n) is 24.9. The van der Waals surface area contributed by atoms with Crippen LogP contribution < -0.4 is 16.0 Å². The molecule has 3 N–H and O–H groups in total. The van der Waals surface area contributed by atoms with Gasteiger partial charge in [0.15, 0.2) is 0 Å². The molecular weight excluding hydrogens is 585 g/mol. The van der Waals surface area contributed by atoms with Crippen molar-refractivity contribution in [2.24, 2.45) is 0 Å². The third-order valence-electron chi connectivity index (χ3n) is 8.27. The molecule has 0 radical (unpaired) electrons. The van der Waals surface area contributed by atoms with E-state index >= 15 is 0 Å². The van der Waals surface area contributed by atoms with Crippen LogP contribution in [-0.2, 0) is 32.0 Å². The largest absolute Gasteiger partial charge is 0.351 e. The summed E-state index contributed by atoms with van der Waals surface area (Å²) in [5.74, 6) is -1.04. The second-order valence-corrected chi connectivity index (χ2v) is 11.8. The van der Waals surface area contributed by atoms with Gasteiger partial charge in [-0.15, -0.1) is 6.58 Å². The highest BCUT2D eigenvalue weighted by Gasteiger charge is 2.39. The Kier molecular flexibility index (Phi) is 12.5. The summed E-state index contributed by atoms with van der Waals surface area (Å²) < 4.78 is 13.6. The van der Waals surface area contributed by atoms with E-state index in [-0.39, 0.29) is 48.5 Å². The summed E-state index contributed by atoms with van der Waals surface area (Å²) in [6.07, 6.45) is 5.30. The van der Waals surface area contributed by atoms with Crippen LogP contribution in [0.4, 0.5) is 4.39 Å². The van der Waals surface area contributed by atoms with Gasteiger partial charge in [0.2, 0.25) is 17.7 Å². The molecule has 0 aliphatic carbocycles. The van der Waals surface area contributed by atoms with Crippen molar-refractivity contribution in [1.82, 2.24) is 25.8 Å². The Hall–Kier alpha value is -3.60. The summed E-state index contributed by atoms with van der Waals surface area (Å²) in [5.41, 5.74) is 1.66. The van der Waals surface area contributed by atoms with Gasteiger partial charge < -0.3 is 25.6 Å². The standard InChI is InChI=1S/C33H41ClFN5O4/c1-2-15-37-32(43)30(21-24-7-11-25(34)12-8-24)39-17-18-40(27(22-39)5-4-19-41)33(44)29(20-23-9-13-26(35)14-10-23)38-31(42)28-6-3-16-36-28/h2,7-14,19,27-30,36H,1,3-6,15-18,20-22H2,(H,37,43)(H,38,42)/t27-,28?,29?,30?/m0/s1. The van der Waals surface area contributed by atoms with Crippen LogP contribution in [-0.4, -0.2) is 90.7 Å². The molecular formula is C33H41ClFN5O4. The highest BCUT2D eigenvalue weighted by Crippen LogP contribution is 2.22. The van der Waals surface area contributed by atoms with E-state index in [4.69, 9.17) is 11.6 Å². The first-order valence-corrected chi connectivity index (χ1v) is 15.6. The molecule has 0 spiro atoms. The summed E-state index contributed by atoms with van der Waals surface area (Å²) in [7, 11) is 0. The molecule has 2 heterocycles. The zero-order valence-corrected chi connectivity index (χ0v) is 25.6. The van der Waals surface area contributed by atoms with Gasteiger partial charge in [0.05, 0.1) is 12.1 Å². The topological polar surface area (TPSA) is 111 Å². The number of piperazine rings is 1. The predicted molar refractivity (Wildman–Crippen MR) is 168 cm³/mol. The van der Waals surface area contributed by atoms with Crippen molar-refractivity contribution in [3.05, 3.63) is 83.2 Å². The van der Waals surface area contributed by atoms with Crippen LogP contribution in [0, 0.1) is 5.82 Å². The Bertz CT molecular complexity index is 1290. The minimum absolute atomic E-state index is 0.153. The van der Waals surface area contributed by atoms with Gasteiger partial charge in [0, 0.05) is 50.1 Å². The molecule has 0 bridgehead atoms. The second-order valence-electron chi connectivity index (χ2n) is 11.3. The monoisotopic (exact) mass is 625 g/mol. The Morgan fingerprint density at radius 1 is 1.07 bits per heavy atom. The van der Waals surface area contributed by atoms with Crippen molar-refractivity contribution in [3.8, 4) is 0 Å². The fourth-order valence-corrected chi connectivity index (χ4v) is 6.05. The van der Waals surface area contributed by atoms with Crippen molar-refractivity contribution < 1.29 is 23.6 Å². The maximum absolute atomic E-state index is 14.2. The Morgan fingerprint density at radius 3 is 2.43 bits per heavy atom. The highest BCUT2D eigenvalue weighted by molar-refractivity contribution is 6.30. The van der Waals surface area contributed by atoms with Gasteiger partial charge in [-0.25, -0.2) is 4.39 Å². The predicted octanol–water partition coefficient (Wildman–Crippen LogP) is 2.66. The molecule has 9 nitrogen and oxygen atoms in total. The molecule has 0 aromatic heterocycles. The molecule has 2 aliphatic rings. The lowest BCUT2D eigenvalue weighted by Crippen LogP contribution is -2.63. The summed E-state index contributed by atoms with van der Waals surface area (Å²) in [6, 6.07) is 11.1. The van der Waals surface area contributed by atoms with Crippen LogP contribution in [0.3, 0.4) is 0 Å². The van der Waals surface area contributed by atoms with Crippen LogP contribution in [0.15, 0.2) is 61.2 Å². The quantitative estimate of drug-likeness (QED) is 0.220. The number of nitrogens with zero attached hydrogens (tertiary/aromatic N) is 2. The number of carbonyl (C=O) groups is 4. The number of hydrogen-bond acceptors (Lipinski definition) is 6. The molecule has 2 aromatic carbocycles. The van der Waals surface area contributed by atoms with Crippen LogP contribution in [0.2, 0.25) is 5.02 Å². The molecule has 4 atom stereocenters. The van der Waals surface area contributed by atoms with Crippen molar-refractivity contribution in [2.45, 2.75) is 62.7 Å². The average molecular weight is 626 g/mol. The Morgan fingerprint density at radius 2 is 1.77 bits per heavy atom. The van der Waals surface area contributed by atoms with Crippen LogP contribution in [0.5, 0.6) is 0 Å². The number of halogens is 2. The molecule has 0 saturated carbocycles. The molecule has 44 heavy (non-hydrogen) atoms. The average Bonchev–Trinajstić information content (AvgIpc) is 3.58. The number of rotatable bonds is 14. The van der Waals surface area contributed by atoms with Crippen molar-refractivity contribution in [1.29, 1.82) is 0 Å². The second kappa shape index (κ2) is 16.5. The van der Waals surface area contributed by atoms with Crippen molar-refractivity contribution in [3.63, 3.8) is 0 Å². The number of carbonyl (C=O) groups excluding carboxylic acids is 4. The lowest BCUT2D eigenvalue weighted by molar-refractivity contribution is -0.142. The summed E-state index contributed by atoms with van der Waals surface area (Å²) in [4.78, 5) is 55.9. The first-order chi connectivity index (χ1) is 21.3. The minimum Gasteiger partial charge on any atom is -0.351 e. The fourth-order valence-electron chi connectivity index (χ4n) is 5.92. The first kappa shape index (κ1) is 33.3. The Labute approximate surface area is 263 Å². The Balaban J connectivity index is 1.55. The lowest BCUT2D eigenvalue weighted by atomic mass is 9.98. The highest BCUT2D eigenvalue weighted by atomic mass is 35.5. The molecule has 4 rings (SSSR count). The molecule has 2 fully saturated rings. The van der Waals surface area contributed by atoms with E-state index in [1.165, 1.54) is 12.1 Å². The van der Waals surface area contributed by atoms with Gasteiger partial charge in [0.25, 0.3) is 0 Å². The lowest BCUT2D eigenvalue weighted by Gasteiger charge is -2.45. The zero-order chi connectivity index (χ0) is 31.5. The number of hydrogen-bond donors (Lipinski definition) is 3. The van der Waals surface area contributed by atoms with Gasteiger partial charge >= 0.3 is 0 Å². The summed E-state index contributed by atoms with van der Waals surface area (Å²) >= 11 is 6.08. The normalized spacial score (nSPS) is 20.0. The summed E-state index contributed by atoms with van der Waals surface area (Å²) in [5, 5.41) is 9.64. The van der Waals surface area contributed by atoms with Crippen LogP contribution in [0.1, 0.15) is 36.8 Å². The van der Waals surface area contributed by atoms with Crippen molar-refractivity contribution >= 4 is 35.6 Å². The molecule has 2 aliphatic heterocycles. The molecule has 3 unspecified atom stereocenters. The third kappa shape index (κ3) is 9.20. The molecule has 3 amide bonds. The number of benzene rings is 2. The first-order valence-electron chi connectivity index (χ1n) is 15.2. The fraction of sp³-hybridized carbons (Fsp3) is 0.455. The van der Waals surface area contributed by atoms with Gasteiger partial charge in [-0.3, -0.25) is 19.3 Å². The van der Waals surface area contributed by atoms with E-state index in [1.54, 1.807) is 35.2 Å². The van der Waals surface area contributed by atoms with Crippen molar-refractivity contribution in [2.75, 3.05) is 32.7 Å². The number of nitrogens with one attached hydrogen (secondary N) is 3.